The monoisotopic (exact) mass is 258 g/mol. The second-order valence-corrected chi connectivity index (χ2v) is 4.97. The number of fused-ring (bicyclic) bond motifs is 3. The number of ether oxygens (including phenoxy) is 1. The third kappa shape index (κ3) is 1.84. The van der Waals surface area contributed by atoms with Crippen LogP contribution >= 0.6 is 0 Å². The fourth-order valence-corrected chi connectivity index (χ4v) is 2.59. The average molecular weight is 258 g/mol. The van der Waals surface area contributed by atoms with E-state index in [4.69, 9.17) is 4.74 Å². The van der Waals surface area contributed by atoms with E-state index in [0.29, 0.717) is 5.92 Å². The first-order chi connectivity index (χ1) is 8.45. The molecule has 1 fully saturated rings. The number of halogens is 3. The van der Waals surface area contributed by atoms with Crippen LogP contribution < -0.4 is 10.1 Å². The minimum Gasteiger partial charge on any atom is -0.472 e. The van der Waals surface area contributed by atoms with Gasteiger partial charge in [0.1, 0.15) is 11.8 Å². The molecular formula is C12H13F3N2O. The molecule has 0 amide bonds. The molecule has 2 aliphatic heterocycles. The molecule has 0 aliphatic carbocycles. The molecule has 98 valence electrons. The first-order valence-corrected chi connectivity index (χ1v) is 5.93. The van der Waals surface area contributed by atoms with Gasteiger partial charge in [0.15, 0.2) is 0 Å². The van der Waals surface area contributed by atoms with E-state index in [9.17, 15) is 13.2 Å². The van der Waals surface area contributed by atoms with Crippen molar-refractivity contribution >= 4 is 0 Å². The molecule has 0 radical (unpaired) electrons. The maximum Gasteiger partial charge on any atom is 0.433 e. The summed E-state index contributed by atoms with van der Waals surface area (Å²) in [6.07, 6.45) is -3.68. The van der Waals surface area contributed by atoms with Crippen molar-refractivity contribution in [3.63, 3.8) is 0 Å². The lowest BCUT2D eigenvalue weighted by Gasteiger charge is -2.29. The Labute approximate surface area is 102 Å². The third-order valence-corrected chi connectivity index (χ3v) is 3.47. The summed E-state index contributed by atoms with van der Waals surface area (Å²) in [7, 11) is 0. The van der Waals surface area contributed by atoms with E-state index in [1.807, 2.05) is 0 Å². The Morgan fingerprint density at radius 3 is 2.89 bits per heavy atom. The van der Waals surface area contributed by atoms with Crippen LogP contribution in [0.2, 0.25) is 0 Å². The Balaban J connectivity index is 1.93. The molecule has 3 heterocycles. The molecule has 3 nitrogen and oxygen atoms in total. The van der Waals surface area contributed by atoms with E-state index >= 15 is 0 Å². The molecule has 2 aliphatic rings. The number of hydrogen-bond acceptors (Lipinski definition) is 3. The molecule has 18 heavy (non-hydrogen) atoms. The highest BCUT2D eigenvalue weighted by atomic mass is 19.4. The maximum atomic E-state index is 12.6. The smallest absolute Gasteiger partial charge is 0.433 e. The predicted molar refractivity (Wildman–Crippen MR) is 58.2 cm³/mol. The number of rotatable bonds is 0. The zero-order chi connectivity index (χ0) is 12.9. The van der Waals surface area contributed by atoms with Gasteiger partial charge in [-0.2, -0.15) is 13.2 Å². The maximum absolute atomic E-state index is 12.6. The number of piperidine rings is 1. The summed E-state index contributed by atoms with van der Waals surface area (Å²) in [6.45, 7) is 2.94. The summed E-state index contributed by atoms with van der Waals surface area (Å²) in [4.78, 5) is 3.59. The topological polar surface area (TPSA) is 34.2 Å². The second-order valence-electron chi connectivity index (χ2n) is 4.97. The van der Waals surface area contributed by atoms with Gasteiger partial charge in [-0.3, -0.25) is 0 Å². The first kappa shape index (κ1) is 11.8. The number of pyridine rings is 1. The van der Waals surface area contributed by atoms with Crippen LogP contribution in [0.5, 0.6) is 5.88 Å². The van der Waals surface area contributed by atoms with Crippen LogP contribution in [0.1, 0.15) is 30.6 Å². The number of nitrogens with one attached hydrogen (secondary N) is 1. The quantitative estimate of drug-likeness (QED) is 0.776. The van der Waals surface area contributed by atoms with Gasteiger partial charge in [-0.1, -0.05) is 6.92 Å². The van der Waals surface area contributed by atoms with Crippen LogP contribution in [-0.2, 0) is 6.18 Å². The molecular weight excluding hydrogens is 245 g/mol. The van der Waals surface area contributed by atoms with Crippen molar-refractivity contribution in [2.75, 3.05) is 6.54 Å². The van der Waals surface area contributed by atoms with Crippen LogP contribution in [0.15, 0.2) is 12.1 Å². The first-order valence-electron chi connectivity index (χ1n) is 5.93. The average Bonchev–Trinajstić information content (AvgIpc) is 2.63. The Morgan fingerprint density at radius 2 is 2.17 bits per heavy atom. The van der Waals surface area contributed by atoms with E-state index in [1.54, 1.807) is 0 Å². The molecule has 0 bridgehead atoms. The molecule has 0 spiro atoms. The number of alkyl halides is 3. The van der Waals surface area contributed by atoms with Gasteiger partial charge in [0.2, 0.25) is 5.88 Å². The van der Waals surface area contributed by atoms with Crippen LogP contribution in [-0.4, -0.2) is 17.6 Å². The summed E-state index contributed by atoms with van der Waals surface area (Å²) in [5, 5.41) is 3.30. The summed E-state index contributed by atoms with van der Waals surface area (Å²) >= 11 is 0. The van der Waals surface area contributed by atoms with E-state index in [2.05, 4.69) is 17.2 Å². The predicted octanol–water partition coefficient (Wildman–Crippen LogP) is 2.53. The van der Waals surface area contributed by atoms with Gasteiger partial charge in [-0.05, 0) is 31.0 Å². The lowest BCUT2D eigenvalue weighted by molar-refractivity contribution is -0.141. The summed E-state index contributed by atoms with van der Waals surface area (Å²) in [5.74, 6) is 0.587. The van der Waals surface area contributed by atoms with Crippen LogP contribution in [0, 0.1) is 5.92 Å². The normalized spacial score (nSPS) is 30.6. The minimum absolute atomic E-state index is 0.0222. The highest BCUT2D eigenvalue weighted by molar-refractivity contribution is 5.37. The van der Waals surface area contributed by atoms with Crippen molar-refractivity contribution in [2.45, 2.75) is 31.7 Å². The van der Waals surface area contributed by atoms with Gasteiger partial charge >= 0.3 is 6.18 Å². The van der Waals surface area contributed by atoms with E-state index in [-0.39, 0.29) is 18.0 Å². The molecule has 1 aromatic rings. The van der Waals surface area contributed by atoms with Crippen LogP contribution in [0.4, 0.5) is 13.2 Å². The van der Waals surface area contributed by atoms with Gasteiger partial charge in [-0.25, -0.2) is 4.98 Å². The number of nitrogens with zero attached hydrogens (tertiary/aromatic N) is 1. The second kappa shape index (κ2) is 3.85. The Morgan fingerprint density at radius 1 is 1.39 bits per heavy atom. The Bertz CT molecular complexity index is 475. The molecule has 1 aromatic heterocycles. The van der Waals surface area contributed by atoms with Gasteiger partial charge in [-0.15, -0.1) is 0 Å². The van der Waals surface area contributed by atoms with Gasteiger partial charge in [0, 0.05) is 5.56 Å². The SMILES string of the molecule is C[C@H]1CN[C@H]2c3ccc(C(F)(F)F)nc3O[C@H]2C1. The summed E-state index contributed by atoms with van der Waals surface area (Å²) in [5.41, 5.74) is -0.159. The highest BCUT2D eigenvalue weighted by Crippen LogP contribution is 2.41. The fraction of sp³-hybridized carbons (Fsp3) is 0.583. The summed E-state index contributed by atoms with van der Waals surface area (Å²) < 4.78 is 43.2. The van der Waals surface area contributed by atoms with Crippen molar-refractivity contribution in [3.05, 3.63) is 23.4 Å². The molecule has 0 unspecified atom stereocenters. The van der Waals surface area contributed by atoms with Crippen molar-refractivity contribution in [1.82, 2.24) is 10.3 Å². The lowest BCUT2D eigenvalue weighted by Crippen LogP contribution is -2.41. The molecule has 0 aromatic carbocycles. The molecule has 6 heteroatoms. The molecule has 3 atom stereocenters. The third-order valence-electron chi connectivity index (χ3n) is 3.47. The van der Waals surface area contributed by atoms with E-state index < -0.39 is 11.9 Å². The van der Waals surface area contributed by atoms with Crippen molar-refractivity contribution in [3.8, 4) is 5.88 Å². The molecule has 0 saturated carbocycles. The zero-order valence-corrected chi connectivity index (χ0v) is 9.79. The standard InChI is InChI=1S/C12H13F3N2O/c1-6-4-8-10(16-5-6)7-2-3-9(12(13,14)15)17-11(7)18-8/h2-3,6,8,10,16H,4-5H2,1H3/t6-,8+,10+/m1/s1. The lowest BCUT2D eigenvalue weighted by atomic mass is 9.91. The largest absolute Gasteiger partial charge is 0.472 e. The molecule has 3 rings (SSSR count). The van der Waals surface area contributed by atoms with Gasteiger partial charge < -0.3 is 10.1 Å². The van der Waals surface area contributed by atoms with Crippen LogP contribution in [0.25, 0.3) is 0 Å². The van der Waals surface area contributed by atoms with E-state index in [1.165, 1.54) is 6.07 Å². The minimum atomic E-state index is -4.42. The molecule has 1 saturated heterocycles. The van der Waals surface area contributed by atoms with Crippen molar-refractivity contribution < 1.29 is 17.9 Å². The number of aromatic nitrogens is 1. The van der Waals surface area contributed by atoms with E-state index in [0.717, 1.165) is 24.6 Å². The Kier molecular flexibility index (Phi) is 2.52. The van der Waals surface area contributed by atoms with Crippen molar-refractivity contribution in [1.29, 1.82) is 0 Å². The Hall–Kier alpha value is -1.30. The van der Waals surface area contributed by atoms with Crippen LogP contribution in [0.3, 0.4) is 0 Å². The van der Waals surface area contributed by atoms with Gasteiger partial charge in [0.25, 0.3) is 0 Å². The van der Waals surface area contributed by atoms with Gasteiger partial charge in [0.05, 0.1) is 6.04 Å². The molecule has 1 N–H and O–H groups in total. The fourth-order valence-electron chi connectivity index (χ4n) is 2.59. The number of hydrogen-bond donors (Lipinski definition) is 1. The zero-order valence-electron chi connectivity index (χ0n) is 9.79. The van der Waals surface area contributed by atoms with Crippen molar-refractivity contribution in [2.24, 2.45) is 5.92 Å². The highest BCUT2D eigenvalue weighted by Gasteiger charge is 2.41. The summed E-state index contributed by atoms with van der Waals surface area (Å²) in [6, 6.07) is 2.47.